The fraction of sp³-hybridized carbons (Fsp3) is 0.0625. The molecule has 0 spiro atoms. The zero-order valence-corrected chi connectivity index (χ0v) is 13.6. The number of hydrogen-bond donors (Lipinski definition) is 1. The summed E-state index contributed by atoms with van der Waals surface area (Å²) in [4.78, 5) is 7.63. The normalized spacial score (nSPS) is 12.0. The number of benzene rings is 2. The Morgan fingerprint density at radius 3 is 2.21 bits per heavy atom. The van der Waals surface area contributed by atoms with Crippen LogP contribution in [-0.4, -0.2) is 16.2 Å². The smallest absolute Gasteiger partial charge is 0.260 e. The number of alkyl halides is 3. The van der Waals surface area contributed by atoms with Crippen molar-refractivity contribution in [3.05, 3.63) is 64.3 Å². The average molecular weight is 395 g/mol. The summed E-state index contributed by atoms with van der Waals surface area (Å²) in [5, 5.41) is 3.83. The van der Waals surface area contributed by atoms with E-state index in [9.17, 15) is 13.2 Å². The van der Waals surface area contributed by atoms with E-state index in [0.29, 0.717) is 5.52 Å². The molecule has 0 fully saturated rings. The summed E-state index contributed by atoms with van der Waals surface area (Å²) in [6, 6.07) is 13.5. The van der Waals surface area contributed by atoms with E-state index in [4.69, 9.17) is 0 Å². The molecule has 1 heterocycles. The van der Waals surface area contributed by atoms with Crippen LogP contribution in [0.25, 0.3) is 11.0 Å². The van der Waals surface area contributed by atoms with E-state index >= 15 is 0 Å². The molecule has 0 bridgehead atoms. The number of hydrazone groups is 1. The number of nitrogens with zero attached hydrogens (tertiary/aromatic N) is 3. The minimum atomic E-state index is -4.63. The number of nitrogens with one attached hydrogen (secondary N) is 1. The van der Waals surface area contributed by atoms with Gasteiger partial charge < -0.3 is 0 Å². The lowest BCUT2D eigenvalue weighted by Crippen LogP contribution is -2.13. The molecule has 2 aromatic carbocycles. The fourth-order valence-corrected chi connectivity index (χ4v) is 2.26. The van der Waals surface area contributed by atoms with Gasteiger partial charge in [-0.2, -0.15) is 18.3 Å². The Balaban J connectivity index is 1.93. The second kappa shape index (κ2) is 6.56. The van der Waals surface area contributed by atoms with Gasteiger partial charge in [0.15, 0.2) is 11.5 Å². The second-order valence-electron chi connectivity index (χ2n) is 4.83. The third kappa shape index (κ3) is 3.70. The highest BCUT2D eigenvalue weighted by atomic mass is 79.9. The monoisotopic (exact) mass is 394 g/mol. The van der Waals surface area contributed by atoms with Crippen molar-refractivity contribution in [2.75, 3.05) is 5.43 Å². The fourth-order valence-electron chi connectivity index (χ4n) is 1.99. The Bertz CT molecular complexity index is 892. The molecule has 0 atom stereocenters. The Morgan fingerprint density at radius 1 is 0.958 bits per heavy atom. The molecule has 0 saturated carbocycles. The molecule has 0 aliphatic carbocycles. The number of halogens is 4. The van der Waals surface area contributed by atoms with Crippen molar-refractivity contribution >= 4 is 39.0 Å². The number of rotatable bonds is 3. The summed E-state index contributed by atoms with van der Waals surface area (Å²) >= 11 is 3.30. The van der Waals surface area contributed by atoms with Gasteiger partial charge in [0.1, 0.15) is 0 Å². The van der Waals surface area contributed by atoms with E-state index in [1.165, 1.54) is 12.3 Å². The first kappa shape index (κ1) is 16.4. The number of anilines is 1. The van der Waals surface area contributed by atoms with E-state index in [1.54, 1.807) is 42.5 Å². The Kier molecular flexibility index (Phi) is 4.48. The molecular formula is C16H10BrF3N4. The van der Waals surface area contributed by atoms with Crippen molar-refractivity contribution in [2.45, 2.75) is 6.18 Å². The molecule has 0 saturated heterocycles. The Labute approximate surface area is 143 Å². The first-order valence-electron chi connectivity index (χ1n) is 6.82. The van der Waals surface area contributed by atoms with Gasteiger partial charge in [-0.3, -0.25) is 5.43 Å². The molecule has 4 nitrogen and oxygen atoms in total. The predicted octanol–water partition coefficient (Wildman–Crippen LogP) is 4.86. The SMILES string of the molecule is FC(F)(F)c1nc2ccccc2nc1N/N=C/c1ccc(Br)cc1. The average Bonchev–Trinajstić information content (AvgIpc) is 2.55. The summed E-state index contributed by atoms with van der Waals surface area (Å²) in [6.45, 7) is 0. The van der Waals surface area contributed by atoms with Crippen molar-refractivity contribution in [1.82, 2.24) is 9.97 Å². The molecule has 8 heteroatoms. The minimum Gasteiger partial charge on any atom is -0.260 e. The van der Waals surface area contributed by atoms with E-state index in [1.807, 2.05) is 0 Å². The predicted molar refractivity (Wildman–Crippen MR) is 89.9 cm³/mol. The summed E-state index contributed by atoms with van der Waals surface area (Å²) in [5.74, 6) is -0.436. The summed E-state index contributed by atoms with van der Waals surface area (Å²) in [7, 11) is 0. The number of aromatic nitrogens is 2. The van der Waals surface area contributed by atoms with Gasteiger partial charge in [0.25, 0.3) is 0 Å². The highest BCUT2D eigenvalue weighted by molar-refractivity contribution is 9.10. The van der Waals surface area contributed by atoms with Crippen LogP contribution in [0.5, 0.6) is 0 Å². The molecule has 0 aliphatic rings. The molecule has 0 radical (unpaired) electrons. The first-order chi connectivity index (χ1) is 11.4. The molecule has 0 aliphatic heterocycles. The van der Waals surface area contributed by atoms with Crippen LogP contribution in [0.15, 0.2) is 58.1 Å². The van der Waals surface area contributed by atoms with Crippen LogP contribution in [0.4, 0.5) is 19.0 Å². The van der Waals surface area contributed by atoms with Crippen LogP contribution in [0.2, 0.25) is 0 Å². The molecule has 3 aromatic rings. The van der Waals surface area contributed by atoms with Gasteiger partial charge >= 0.3 is 6.18 Å². The van der Waals surface area contributed by atoms with Crippen molar-refractivity contribution in [3.63, 3.8) is 0 Å². The lowest BCUT2D eigenvalue weighted by atomic mass is 10.2. The Morgan fingerprint density at radius 2 is 1.58 bits per heavy atom. The lowest BCUT2D eigenvalue weighted by molar-refractivity contribution is -0.140. The number of hydrogen-bond acceptors (Lipinski definition) is 4. The van der Waals surface area contributed by atoms with Gasteiger partial charge in [0.2, 0.25) is 0 Å². The third-order valence-electron chi connectivity index (χ3n) is 3.09. The third-order valence-corrected chi connectivity index (χ3v) is 3.62. The van der Waals surface area contributed by atoms with Gasteiger partial charge in [-0.25, -0.2) is 9.97 Å². The highest BCUT2D eigenvalue weighted by Gasteiger charge is 2.37. The van der Waals surface area contributed by atoms with E-state index in [2.05, 4.69) is 36.4 Å². The van der Waals surface area contributed by atoms with Crippen molar-refractivity contribution < 1.29 is 13.2 Å². The summed E-state index contributed by atoms with van der Waals surface area (Å²) in [5.41, 5.74) is 2.49. The molecule has 1 N–H and O–H groups in total. The summed E-state index contributed by atoms with van der Waals surface area (Å²) < 4.78 is 40.4. The molecular weight excluding hydrogens is 385 g/mol. The standard InChI is InChI=1S/C16H10BrF3N4/c17-11-7-5-10(6-8-11)9-21-24-15-14(16(18,19)20)22-12-3-1-2-4-13(12)23-15/h1-9H,(H,23,24)/b21-9+. The maximum absolute atomic E-state index is 13.2. The number of fused-ring (bicyclic) bond motifs is 1. The van der Waals surface area contributed by atoms with Gasteiger partial charge in [-0.1, -0.05) is 40.2 Å². The van der Waals surface area contributed by atoms with E-state index < -0.39 is 17.7 Å². The van der Waals surface area contributed by atoms with Crippen LogP contribution < -0.4 is 5.43 Å². The topological polar surface area (TPSA) is 50.2 Å². The lowest BCUT2D eigenvalue weighted by Gasteiger charge is -2.11. The quantitative estimate of drug-likeness (QED) is 0.509. The van der Waals surface area contributed by atoms with Crippen LogP contribution in [0, 0.1) is 0 Å². The van der Waals surface area contributed by atoms with E-state index in [-0.39, 0.29) is 5.52 Å². The van der Waals surface area contributed by atoms with Gasteiger partial charge in [0.05, 0.1) is 17.2 Å². The second-order valence-corrected chi connectivity index (χ2v) is 5.74. The van der Waals surface area contributed by atoms with Gasteiger partial charge in [-0.05, 0) is 29.8 Å². The molecule has 0 unspecified atom stereocenters. The zero-order chi connectivity index (χ0) is 17.2. The Hall–Kier alpha value is -2.48. The van der Waals surface area contributed by atoms with Crippen LogP contribution in [0.3, 0.4) is 0 Å². The maximum atomic E-state index is 13.2. The summed E-state index contributed by atoms with van der Waals surface area (Å²) in [6.07, 6.45) is -3.23. The molecule has 0 amide bonds. The zero-order valence-electron chi connectivity index (χ0n) is 12.0. The maximum Gasteiger partial charge on any atom is 0.437 e. The molecule has 24 heavy (non-hydrogen) atoms. The molecule has 1 aromatic heterocycles. The van der Waals surface area contributed by atoms with Gasteiger partial charge in [0, 0.05) is 4.47 Å². The van der Waals surface area contributed by atoms with Crippen molar-refractivity contribution in [2.24, 2.45) is 5.10 Å². The van der Waals surface area contributed by atoms with Crippen molar-refractivity contribution in [1.29, 1.82) is 0 Å². The molecule has 3 rings (SSSR count). The van der Waals surface area contributed by atoms with E-state index in [0.717, 1.165) is 10.0 Å². The number of para-hydroxylation sites is 2. The molecule has 122 valence electrons. The van der Waals surface area contributed by atoms with Gasteiger partial charge in [-0.15, -0.1) is 0 Å². The minimum absolute atomic E-state index is 0.173. The largest absolute Gasteiger partial charge is 0.437 e. The van der Waals surface area contributed by atoms with Crippen LogP contribution in [0.1, 0.15) is 11.3 Å². The van der Waals surface area contributed by atoms with Crippen LogP contribution in [-0.2, 0) is 6.18 Å². The van der Waals surface area contributed by atoms with Crippen LogP contribution >= 0.6 is 15.9 Å². The highest BCUT2D eigenvalue weighted by Crippen LogP contribution is 2.33. The van der Waals surface area contributed by atoms with Crippen molar-refractivity contribution in [3.8, 4) is 0 Å². The first-order valence-corrected chi connectivity index (χ1v) is 7.61.